The van der Waals surface area contributed by atoms with Gasteiger partial charge in [-0.15, -0.1) is 12.4 Å². The molecule has 0 aromatic heterocycles. The number of halogens is 1. The number of nitrogens with one attached hydrogen (secondary N) is 2. The van der Waals surface area contributed by atoms with Crippen LogP contribution in [0.1, 0.15) is 58.3 Å². The van der Waals surface area contributed by atoms with E-state index in [4.69, 9.17) is 4.74 Å². The van der Waals surface area contributed by atoms with Crippen molar-refractivity contribution in [2.45, 2.75) is 70.4 Å². The Hall–Kier alpha value is -0.320. The quantitative estimate of drug-likeness (QED) is 0.825. The van der Waals surface area contributed by atoms with Gasteiger partial charge in [0.1, 0.15) is 0 Å². The molecule has 4 fully saturated rings. The Morgan fingerprint density at radius 2 is 2.09 bits per heavy atom. The normalized spacial score (nSPS) is 40.5. The maximum absolute atomic E-state index is 13.1. The number of carbonyl (C=O) groups excluding carboxylic acids is 1. The minimum atomic E-state index is -0.111. The lowest BCUT2D eigenvalue weighted by Crippen LogP contribution is -2.69. The third-order valence-corrected chi connectivity index (χ3v) is 7.23. The monoisotopic (exact) mass is 342 g/mol. The number of fused-ring (bicyclic) bond motifs is 1. The van der Waals surface area contributed by atoms with E-state index in [9.17, 15) is 4.79 Å². The summed E-state index contributed by atoms with van der Waals surface area (Å²) in [4.78, 5) is 13.1. The Morgan fingerprint density at radius 3 is 2.78 bits per heavy atom. The van der Waals surface area contributed by atoms with E-state index in [0.717, 1.165) is 32.5 Å². The molecule has 1 heterocycles. The number of carbonyl (C=O) groups is 1. The Labute approximate surface area is 145 Å². The average Bonchev–Trinajstić information content (AvgIpc) is 2.89. The zero-order valence-corrected chi connectivity index (χ0v) is 15.1. The lowest BCUT2D eigenvalue weighted by atomic mass is 9.50. The van der Waals surface area contributed by atoms with Gasteiger partial charge < -0.3 is 15.4 Å². The molecule has 1 aliphatic heterocycles. The summed E-state index contributed by atoms with van der Waals surface area (Å²) in [6, 6.07) is 0.364. The van der Waals surface area contributed by atoms with Gasteiger partial charge in [0.15, 0.2) is 0 Å². The first kappa shape index (κ1) is 17.5. The molecule has 132 valence electrons. The van der Waals surface area contributed by atoms with E-state index < -0.39 is 0 Å². The lowest BCUT2D eigenvalue weighted by molar-refractivity contribution is -0.179. The van der Waals surface area contributed by atoms with Crippen LogP contribution in [-0.2, 0) is 9.53 Å². The minimum absolute atomic E-state index is 0. The third-order valence-electron chi connectivity index (χ3n) is 7.23. The lowest BCUT2D eigenvalue weighted by Gasteiger charge is -2.61. The van der Waals surface area contributed by atoms with Gasteiger partial charge in [-0.25, -0.2) is 0 Å². The predicted molar refractivity (Wildman–Crippen MR) is 92.8 cm³/mol. The first-order valence-electron chi connectivity index (χ1n) is 9.34. The van der Waals surface area contributed by atoms with E-state index >= 15 is 0 Å². The first-order chi connectivity index (χ1) is 10.7. The van der Waals surface area contributed by atoms with Crippen molar-refractivity contribution in [3.05, 3.63) is 0 Å². The average molecular weight is 343 g/mol. The predicted octanol–water partition coefficient (Wildman–Crippen LogP) is 2.65. The smallest absolute Gasteiger partial charge is 0.228 e. The second-order valence-electron chi connectivity index (χ2n) is 8.02. The molecule has 0 aromatic rings. The van der Waals surface area contributed by atoms with E-state index in [2.05, 4.69) is 17.6 Å². The molecule has 23 heavy (non-hydrogen) atoms. The topological polar surface area (TPSA) is 50.4 Å². The standard InChI is InChI=1S/C18H30N2O2.ClH/c1-2-22-15-10-14(17(15)8-5-9-17)20-16(21)18-7-4-3-6-13(18)11-19-12-18;/h13-15,19H,2-12H2,1H3,(H,20,21);1H/t13-,14?,15?,18+;/m0./s1. The van der Waals surface area contributed by atoms with Crippen molar-refractivity contribution in [2.75, 3.05) is 19.7 Å². The molecule has 0 radical (unpaired) electrons. The summed E-state index contributed by atoms with van der Waals surface area (Å²) in [5.74, 6) is 0.898. The molecule has 1 spiro atoms. The number of amides is 1. The van der Waals surface area contributed by atoms with Crippen LogP contribution >= 0.6 is 12.4 Å². The van der Waals surface area contributed by atoms with E-state index in [1.54, 1.807) is 0 Å². The van der Waals surface area contributed by atoms with Gasteiger partial charge in [-0.2, -0.15) is 0 Å². The number of hydrogen-bond donors (Lipinski definition) is 2. The van der Waals surface area contributed by atoms with Gasteiger partial charge in [-0.05, 0) is 51.5 Å². The molecule has 4 rings (SSSR count). The summed E-state index contributed by atoms with van der Waals surface area (Å²) in [6.45, 7) is 4.79. The highest BCUT2D eigenvalue weighted by molar-refractivity contribution is 5.85. The molecule has 3 aliphatic carbocycles. The Balaban J connectivity index is 0.00000156. The summed E-state index contributed by atoms with van der Waals surface area (Å²) in [6.07, 6.45) is 9.97. The first-order valence-corrected chi connectivity index (χ1v) is 9.34. The molecule has 4 aliphatic rings. The van der Waals surface area contributed by atoms with Crippen LogP contribution in [0.4, 0.5) is 0 Å². The summed E-state index contributed by atoms with van der Waals surface area (Å²) in [5, 5.41) is 6.96. The van der Waals surface area contributed by atoms with Crippen molar-refractivity contribution < 1.29 is 9.53 Å². The maximum Gasteiger partial charge on any atom is 0.228 e. The number of hydrogen-bond acceptors (Lipinski definition) is 3. The molecule has 5 heteroatoms. The number of rotatable bonds is 4. The zero-order valence-electron chi connectivity index (χ0n) is 14.2. The van der Waals surface area contributed by atoms with Crippen LogP contribution < -0.4 is 10.6 Å². The second-order valence-corrected chi connectivity index (χ2v) is 8.02. The maximum atomic E-state index is 13.1. The van der Waals surface area contributed by atoms with Gasteiger partial charge >= 0.3 is 0 Å². The molecule has 2 unspecified atom stereocenters. The molecule has 3 saturated carbocycles. The molecule has 0 aromatic carbocycles. The number of ether oxygens (including phenoxy) is 1. The van der Waals surface area contributed by atoms with Crippen LogP contribution in [0.15, 0.2) is 0 Å². The molecule has 4 nitrogen and oxygen atoms in total. The molecule has 4 atom stereocenters. The van der Waals surface area contributed by atoms with Crippen molar-refractivity contribution in [1.82, 2.24) is 10.6 Å². The van der Waals surface area contributed by atoms with Crippen LogP contribution in [0, 0.1) is 16.7 Å². The van der Waals surface area contributed by atoms with E-state index in [-0.39, 0.29) is 23.2 Å². The molecule has 1 saturated heterocycles. The Morgan fingerprint density at radius 1 is 1.26 bits per heavy atom. The van der Waals surface area contributed by atoms with Gasteiger partial charge in [0.2, 0.25) is 5.91 Å². The van der Waals surface area contributed by atoms with Gasteiger partial charge in [-0.1, -0.05) is 19.3 Å². The molecule has 2 N–H and O–H groups in total. The van der Waals surface area contributed by atoms with E-state index in [1.807, 2.05) is 0 Å². The highest BCUT2D eigenvalue weighted by Gasteiger charge is 2.60. The van der Waals surface area contributed by atoms with Crippen LogP contribution in [0.2, 0.25) is 0 Å². The fourth-order valence-electron chi connectivity index (χ4n) is 5.63. The second kappa shape index (κ2) is 6.53. The van der Waals surface area contributed by atoms with Crippen LogP contribution in [-0.4, -0.2) is 37.7 Å². The third kappa shape index (κ3) is 2.52. The summed E-state index contributed by atoms with van der Waals surface area (Å²) >= 11 is 0. The zero-order chi connectivity index (χ0) is 15.2. The van der Waals surface area contributed by atoms with Gasteiger partial charge in [-0.3, -0.25) is 4.79 Å². The SMILES string of the molecule is CCOC1CC(NC(=O)[C@@]23CCCC[C@H]2CNC3)C12CCC2.Cl. The van der Waals surface area contributed by atoms with Crippen LogP contribution in [0.5, 0.6) is 0 Å². The van der Waals surface area contributed by atoms with Gasteiger partial charge in [0, 0.05) is 24.6 Å². The van der Waals surface area contributed by atoms with E-state index in [0.29, 0.717) is 24.0 Å². The van der Waals surface area contributed by atoms with Crippen molar-refractivity contribution in [2.24, 2.45) is 16.7 Å². The van der Waals surface area contributed by atoms with Crippen molar-refractivity contribution in [3.8, 4) is 0 Å². The largest absolute Gasteiger partial charge is 0.378 e. The highest BCUT2D eigenvalue weighted by atomic mass is 35.5. The van der Waals surface area contributed by atoms with Gasteiger partial charge in [0.25, 0.3) is 0 Å². The fraction of sp³-hybridized carbons (Fsp3) is 0.944. The summed E-state index contributed by atoms with van der Waals surface area (Å²) < 4.78 is 5.91. The molecule has 1 amide bonds. The molecular formula is C18H31ClN2O2. The molecule has 0 bridgehead atoms. The van der Waals surface area contributed by atoms with Crippen LogP contribution in [0.3, 0.4) is 0 Å². The fourth-order valence-corrected chi connectivity index (χ4v) is 5.63. The summed E-state index contributed by atoms with van der Waals surface area (Å²) in [5.41, 5.74) is 0.165. The minimum Gasteiger partial charge on any atom is -0.378 e. The molecular weight excluding hydrogens is 312 g/mol. The van der Waals surface area contributed by atoms with Crippen molar-refractivity contribution in [1.29, 1.82) is 0 Å². The van der Waals surface area contributed by atoms with E-state index in [1.165, 1.54) is 38.5 Å². The summed E-state index contributed by atoms with van der Waals surface area (Å²) in [7, 11) is 0. The highest BCUT2D eigenvalue weighted by Crippen LogP contribution is 2.57. The Bertz CT molecular complexity index is 454. The van der Waals surface area contributed by atoms with Crippen LogP contribution in [0.25, 0.3) is 0 Å². The Kier molecular flexibility index (Phi) is 4.97. The van der Waals surface area contributed by atoms with Gasteiger partial charge in [0.05, 0.1) is 11.5 Å². The van der Waals surface area contributed by atoms with Crippen molar-refractivity contribution >= 4 is 18.3 Å². The van der Waals surface area contributed by atoms with Crippen molar-refractivity contribution in [3.63, 3.8) is 0 Å².